The van der Waals surface area contributed by atoms with Gasteiger partial charge in [0.05, 0.1) is 30.8 Å². The summed E-state index contributed by atoms with van der Waals surface area (Å²) in [6, 6.07) is -0.936. The van der Waals surface area contributed by atoms with Crippen LogP contribution in [0.25, 0.3) is 0 Å². The number of nitrogens with one attached hydrogen (secondary N) is 1. The minimum Gasteiger partial charge on any atom is -0.463 e. The molecule has 0 aromatic heterocycles. The number of hydrogen-bond acceptors (Lipinski definition) is 9. The maximum Gasteiger partial charge on any atom is 0.331 e. The quantitative estimate of drug-likeness (QED) is 0.215. The second kappa shape index (κ2) is 12.1. The number of carbonyl (C=O) groups excluding carboxylic acids is 4. The molecule has 44 heavy (non-hydrogen) atoms. The molecule has 242 valence electrons. The molecule has 3 fully saturated rings. The number of rotatable bonds is 4. The molecule has 2 spiro atoms. The van der Waals surface area contributed by atoms with Gasteiger partial charge in [0.1, 0.15) is 24.4 Å². The lowest BCUT2D eigenvalue weighted by Gasteiger charge is -2.58. The van der Waals surface area contributed by atoms with Crippen LogP contribution in [0.5, 0.6) is 0 Å². The molecule has 3 heterocycles. The van der Waals surface area contributed by atoms with Crippen LogP contribution < -0.4 is 5.32 Å². The molecular weight excluding hydrogens is 566 g/mol. The third kappa shape index (κ3) is 5.75. The Morgan fingerprint density at radius 1 is 1.07 bits per heavy atom. The van der Waals surface area contributed by atoms with Gasteiger partial charge in [-0.25, -0.2) is 14.4 Å². The number of epoxide rings is 1. The molecule has 7 atom stereocenters. The van der Waals surface area contributed by atoms with Gasteiger partial charge in [-0.3, -0.25) is 4.79 Å². The molecule has 10 heteroatoms. The Bertz CT molecular complexity index is 1260. The van der Waals surface area contributed by atoms with Crippen LogP contribution in [-0.2, 0) is 42.9 Å². The Morgan fingerprint density at radius 2 is 1.77 bits per heavy atom. The van der Waals surface area contributed by atoms with Crippen molar-refractivity contribution in [1.82, 2.24) is 5.32 Å². The van der Waals surface area contributed by atoms with Crippen LogP contribution in [-0.4, -0.2) is 73.6 Å². The highest BCUT2D eigenvalue weighted by atomic mass is 16.6. The predicted octanol–water partition coefficient (Wildman–Crippen LogP) is 4.12. The van der Waals surface area contributed by atoms with E-state index in [0.29, 0.717) is 32.3 Å². The van der Waals surface area contributed by atoms with Gasteiger partial charge >= 0.3 is 17.9 Å². The van der Waals surface area contributed by atoms with Gasteiger partial charge < -0.3 is 29.0 Å². The molecular formula is C34H47NO9. The van der Waals surface area contributed by atoms with E-state index in [2.05, 4.69) is 39.1 Å². The average molecular weight is 614 g/mol. The van der Waals surface area contributed by atoms with E-state index in [-0.39, 0.29) is 43.7 Å². The van der Waals surface area contributed by atoms with E-state index in [1.54, 1.807) is 0 Å². The number of carbonyl (C=O) groups is 4. The summed E-state index contributed by atoms with van der Waals surface area (Å²) in [5.74, 6) is -1.64. The van der Waals surface area contributed by atoms with E-state index < -0.39 is 51.9 Å². The first kappa shape index (κ1) is 32.4. The lowest BCUT2D eigenvalue weighted by atomic mass is 9.51. The zero-order chi connectivity index (χ0) is 31.9. The molecule has 2 bridgehead atoms. The second-order valence-corrected chi connectivity index (χ2v) is 14.4. The molecule has 3 aliphatic heterocycles. The largest absolute Gasteiger partial charge is 0.463 e. The Balaban J connectivity index is 1.48. The Labute approximate surface area is 259 Å². The Hall–Kier alpha value is -2.98. The topological polar surface area (TPSA) is 130 Å². The van der Waals surface area contributed by atoms with Gasteiger partial charge in [-0.2, -0.15) is 0 Å². The van der Waals surface area contributed by atoms with Gasteiger partial charge in [0, 0.05) is 29.4 Å². The number of amides is 1. The first-order valence-corrected chi connectivity index (χ1v) is 15.9. The third-order valence-corrected chi connectivity index (χ3v) is 10.5. The normalized spacial score (nSPS) is 39.2. The molecule has 1 N–H and O–H groups in total. The van der Waals surface area contributed by atoms with Crippen molar-refractivity contribution >= 4 is 23.8 Å². The maximum absolute atomic E-state index is 13.9. The van der Waals surface area contributed by atoms with Gasteiger partial charge in [0.15, 0.2) is 0 Å². The average Bonchev–Trinajstić information content (AvgIpc) is 3.73. The van der Waals surface area contributed by atoms with Crippen LogP contribution in [0.15, 0.2) is 36.0 Å². The molecule has 0 aromatic carbocycles. The van der Waals surface area contributed by atoms with E-state index in [1.165, 1.54) is 29.9 Å². The fourth-order valence-corrected chi connectivity index (χ4v) is 8.11. The smallest absolute Gasteiger partial charge is 0.331 e. The molecule has 1 saturated carbocycles. The molecule has 5 aliphatic rings. The lowest BCUT2D eigenvalue weighted by Crippen LogP contribution is -2.67. The molecule has 5 rings (SSSR count). The molecule has 1 amide bonds. The minimum atomic E-state index is -0.936. The van der Waals surface area contributed by atoms with Crippen molar-refractivity contribution in [3.05, 3.63) is 36.0 Å². The standard InChI is InChI=1S/C34H47NO9/c1-21(2)18-31(4,5)30(39)35-23-10-9-15-40-27(36)11-7-8-12-28(37)44-24-17-26-34(20-42-34)32(24,6)33(19-41-29(23)38)14-13-22(3)16-25(33)43-26/h7-8,11-12,16,21,23-26H,9-10,13-15,17-20H2,1-6H3,(H,35,39)/b11-7+,12-8-/t23?,24?,25-,26?,32?,33-,34+/m1/s1. The zero-order valence-corrected chi connectivity index (χ0v) is 26.8. The highest BCUT2D eigenvalue weighted by Crippen LogP contribution is 2.72. The molecule has 0 radical (unpaired) electrons. The maximum atomic E-state index is 13.9. The zero-order valence-electron chi connectivity index (χ0n) is 26.8. The summed E-state index contributed by atoms with van der Waals surface area (Å²) in [5, 5.41) is 2.94. The van der Waals surface area contributed by atoms with Crippen LogP contribution in [0.1, 0.15) is 80.1 Å². The van der Waals surface area contributed by atoms with Gasteiger partial charge in [-0.05, 0) is 44.9 Å². The second-order valence-electron chi connectivity index (χ2n) is 14.4. The summed E-state index contributed by atoms with van der Waals surface area (Å²) in [5.41, 5.74) is -1.60. The lowest BCUT2D eigenvalue weighted by molar-refractivity contribution is -0.233. The van der Waals surface area contributed by atoms with Gasteiger partial charge in [0.2, 0.25) is 5.91 Å². The molecule has 2 aliphatic carbocycles. The van der Waals surface area contributed by atoms with Crippen LogP contribution >= 0.6 is 0 Å². The van der Waals surface area contributed by atoms with Crippen molar-refractivity contribution < 1.29 is 42.9 Å². The van der Waals surface area contributed by atoms with Crippen LogP contribution in [0.4, 0.5) is 0 Å². The summed E-state index contributed by atoms with van der Waals surface area (Å²) in [6.07, 6.45) is 9.41. The third-order valence-electron chi connectivity index (χ3n) is 10.5. The molecule has 10 nitrogen and oxygen atoms in total. The van der Waals surface area contributed by atoms with E-state index in [4.69, 9.17) is 23.7 Å². The minimum absolute atomic E-state index is 0.0119. The van der Waals surface area contributed by atoms with Crippen molar-refractivity contribution in [3.63, 3.8) is 0 Å². The molecule has 4 unspecified atom stereocenters. The summed E-state index contributed by atoms with van der Waals surface area (Å²) in [7, 11) is 0. The van der Waals surface area contributed by atoms with Crippen molar-refractivity contribution in [3.8, 4) is 0 Å². The van der Waals surface area contributed by atoms with Crippen molar-refractivity contribution in [1.29, 1.82) is 0 Å². The summed E-state index contributed by atoms with van der Waals surface area (Å²) < 4.78 is 30.4. The number of allylic oxidation sites excluding steroid dienone is 3. The number of esters is 3. The van der Waals surface area contributed by atoms with Crippen molar-refractivity contribution in [2.24, 2.45) is 22.2 Å². The van der Waals surface area contributed by atoms with E-state index in [1.807, 2.05) is 13.8 Å². The summed E-state index contributed by atoms with van der Waals surface area (Å²) in [6.45, 7) is 12.5. The van der Waals surface area contributed by atoms with Crippen LogP contribution in [0.3, 0.4) is 0 Å². The summed E-state index contributed by atoms with van der Waals surface area (Å²) >= 11 is 0. The molecule has 2 saturated heterocycles. The Morgan fingerprint density at radius 3 is 2.45 bits per heavy atom. The van der Waals surface area contributed by atoms with E-state index >= 15 is 0 Å². The SMILES string of the molecule is CC1=C[C@H]2OC3CC4OC(=O)/C=C\C=C\C(=O)OCCCC(NC(=O)C(C)(C)CC(C)C)C(=O)OC[C@@]2(CC1)C4(C)[C@]31CO1. The highest BCUT2D eigenvalue weighted by molar-refractivity contribution is 5.87. The number of ether oxygens (including phenoxy) is 5. The van der Waals surface area contributed by atoms with Crippen LogP contribution in [0, 0.1) is 22.2 Å². The molecule has 0 aromatic rings. The van der Waals surface area contributed by atoms with Crippen molar-refractivity contribution in [2.75, 3.05) is 19.8 Å². The van der Waals surface area contributed by atoms with E-state index in [0.717, 1.165) is 6.42 Å². The van der Waals surface area contributed by atoms with Gasteiger partial charge in [0.25, 0.3) is 0 Å². The van der Waals surface area contributed by atoms with Crippen molar-refractivity contribution in [2.45, 2.75) is 110 Å². The first-order valence-electron chi connectivity index (χ1n) is 15.9. The fourth-order valence-electron chi connectivity index (χ4n) is 8.11. The monoisotopic (exact) mass is 613 g/mol. The number of cyclic esters (lactones) is 2. The first-order chi connectivity index (χ1) is 20.7. The highest BCUT2D eigenvalue weighted by Gasteiger charge is 2.83. The predicted molar refractivity (Wildman–Crippen MR) is 160 cm³/mol. The summed E-state index contributed by atoms with van der Waals surface area (Å²) in [4.78, 5) is 52.4. The number of hydrogen-bond donors (Lipinski definition) is 1. The Kier molecular flexibility index (Phi) is 8.90. The van der Waals surface area contributed by atoms with Gasteiger partial charge in [-0.1, -0.05) is 58.4 Å². The van der Waals surface area contributed by atoms with Crippen LogP contribution in [0.2, 0.25) is 0 Å². The van der Waals surface area contributed by atoms with E-state index in [9.17, 15) is 19.2 Å². The fraction of sp³-hybridized carbons (Fsp3) is 0.706. The van der Waals surface area contributed by atoms with Gasteiger partial charge in [-0.15, -0.1) is 0 Å².